The zero-order chi connectivity index (χ0) is 17.8. The molecule has 6 heteroatoms. The topological polar surface area (TPSA) is 67.9 Å². The van der Waals surface area contributed by atoms with Gasteiger partial charge in [-0.2, -0.15) is 0 Å². The number of rotatable bonds is 5. The normalized spacial score (nSPS) is 13.2. The first-order valence-corrected chi connectivity index (χ1v) is 8.13. The molecule has 0 bridgehead atoms. The summed E-state index contributed by atoms with van der Waals surface area (Å²) in [7, 11) is 0. The van der Waals surface area contributed by atoms with Crippen LogP contribution in [0.2, 0.25) is 0 Å². The number of amides is 2. The number of carbonyl (C=O) groups is 2. The van der Waals surface area contributed by atoms with Gasteiger partial charge in [0.15, 0.2) is 6.61 Å². The van der Waals surface area contributed by atoms with Crippen molar-refractivity contribution in [2.75, 3.05) is 18.1 Å². The second-order valence-corrected chi connectivity index (χ2v) is 5.80. The minimum absolute atomic E-state index is 0.0145. The summed E-state index contributed by atoms with van der Waals surface area (Å²) >= 11 is 0. The number of fused-ring (bicyclic) bond motifs is 1. The SMILES string of the molecule is CCONC(=O)c1cccc(CN2C(=O)COc3ccc(C)cc32)c1. The first-order valence-electron chi connectivity index (χ1n) is 8.13. The number of hydrogen-bond donors (Lipinski definition) is 1. The van der Waals surface area contributed by atoms with Crippen LogP contribution in [0.5, 0.6) is 5.75 Å². The van der Waals surface area contributed by atoms with Crippen LogP contribution in [-0.2, 0) is 16.2 Å². The number of aryl methyl sites for hydroxylation is 1. The van der Waals surface area contributed by atoms with Crippen molar-refractivity contribution >= 4 is 17.5 Å². The van der Waals surface area contributed by atoms with Crippen molar-refractivity contribution in [1.29, 1.82) is 0 Å². The van der Waals surface area contributed by atoms with Crippen LogP contribution in [-0.4, -0.2) is 25.0 Å². The highest BCUT2D eigenvalue weighted by molar-refractivity contribution is 5.98. The predicted octanol–water partition coefficient (Wildman–Crippen LogP) is 2.60. The van der Waals surface area contributed by atoms with Crippen LogP contribution in [0.4, 0.5) is 5.69 Å². The van der Waals surface area contributed by atoms with Gasteiger partial charge >= 0.3 is 0 Å². The van der Waals surface area contributed by atoms with Gasteiger partial charge in [-0.1, -0.05) is 18.2 Å². The Bertz CT molecular complexity index is 804. The molecule has 0 spiro atoms. The highest BCUT2D eigenvalue weighted by atomic mass is 16.6. The van der Waals surface area contributed by atoms with E-state index < -0.39 is 0 Å². The molecule has 1 aliphatic rings. The Hall–Kier alpha value is -2.86. The lowest BCUT2D eigenvalue weighted by Crippen LogP contribution is -2.38. The van der Waals surface area contributed by atoms with Crippen LogP contribution in [0.1, 0.15) is 28.4 Å². The summed E-state index contributed by atoms with van der Waals surface area (Å²) in [5.74, 6) is 0.269. The van der Waals surface area contributed by atoms with E-state index in [1.165, 1.54) is 0 Å². The van der Waals surface area contributed by atoms with Crippen molar-refractivity contribution in [2.45, 2.75) is 20.4 Å². The standard InChI is InChI=1S/C19H20N2O4/c1-3-25-20-19(23)15-6-4-5-14(10-15)11-21-16-9-13(2)7-8-17(16)24-12-18(21)22/h4-10H,3,11-12H2,1-2H3,(H,20,23). The van der Waals surface area contributed by atoms with E-state index >= 15 is 0 Å². The van der Waals surface area contributed by atoms with Crippen molar-refractivity contribution < 1.29 is 19.2 Å². The van der Waals surface area contributed by atoms with Crippen LogP contribution in [0.25, 0.3) is 0 Å². The molecule has 2 aromatic carbocycles. The van der Waals surface area contributed by atoms with Crippen LogP contribution >= 0.6 is 0 Å². The number of benzene rings is 2. The molecule has 0 radical (unpaired) electrons. The average molecular weight is 340 g/mol. The van der Waals surface area contributed by atoms with Crippen LogP contribution in [0.15, 0.2) is 42.5 Å². The van der Waals surface area contributed by atoms with E-state index in [0.29, 0.717) is 24.5 Å². The third-order valence-corrected chi connectivity index (χ3v) is 3.90. The first-order chi connectivity index (χ1) is 12.1. The summed E-state index contributed by atoms with van der Waals surface area (Å²) < 4.78 is 5.49. The zero-order valence-corrected chi connectivity index (χ0v) is 14.2. The highest BCUT2D eigenvalue weighted by Crippen LogP contribution is 2.33. The Morgan fingerprint density at radius 2 is 2.12 bits per heavy atom. The lowest BCUT2D eigenvalue weighted by Gasteiger charge is -2.29. The lowest BCUT2D eigenvalue weighted by atomic mass is 10.1. The molecule has 25 heavy (non-hydrogen) atoms. The van der Waals surface area contributed by atoms with Crippen molar-refractivity contribution in [3.8, 4) is 5.75 Å². The van der Waals surface area contributed by atoms with Gasteiger partial charge in [0.1, 0.15) is 5.75 Å². The molecule has 0 atom stereocenters. The molecular weight excluding hydrogens is 320 g/mol. The van der Waals surface area contributed by atoms with E-state index in [0.717, 1.165) is 16.8 Å². The Balaban J connectivity index is 1.84. The van der Waals surface area contributed by atoms with Gasteiger partial charge in [0, 0.05) is 5.56 Å². The fraction of sp³-hybridized carbons (Fsp3) is 0.263. The summed E-state index contributed by atoms with van der Waals surface area (Å²) in [6.07, 6.45) is 0. The molecule has 0 unspecified atom stereocenters. The van der Waals surface area contributed by atoms with Crippen LogP contribution < -0.4 is 15.1 Å². The minimum atomic E-state index is -0.312. The van der Waals surface area contributed by atoms with Crippen LogP contribution in [0, 0.1) is 6.92 Å². The summed E-state index contributed by atoms with van der Waals surface area (Å²) in [5, 5.41) is 0. The summed E-state index contributed by atoms with van der Waals surface area (Å²) in [5.41, 5.74) is 5.51. The molecule has 0 saturated carbocycles. The van der Waals surface area contributed by atoms with E-state index in [1.54, 1.807) is 30.0 Å². The maximum Gasteiger partial charge on any atom is 0.274 e. The third kappa shape index (κ3) is 3.80. The molecule has 1 N–H and O–H groups in total. The van der Waals surface area contributed by atoms with Gasteiger partial charge in [-0.3, -0.25) is 14.4 Å². The van der Waals surface area contributed by atoms with E-state index in [-0.39, 0.29) is 18.4 Å². The minimum Gasteiger partial charge on any atom is -0.482 e. The number of carbonyl (C=O) groups excluding carboxylic acids is 2. The smallest absolute Gasteiger partial charge is 0.274 e. The monoisotopic (exact) mass is 340 g/mol. The number of nitrogens with one attached hydrogen (secondary N) is 1. The Morgan fingerprint density at radius 1 is 1.28 bits per heavy atom. The number of nitrogens with zero attached hydrogens (tertiary/aromatic N) is 1. The Morgan fingerprint density at radius 3 is 2.92 bits per heavy atom. The van der Waals surface area contributed by atoms with Crippen molar-refractivity contribution in [3.05, 3.63) is 59.2 Å². The van der Waals surface area contributed by atoms with E-state index in [9.17, 15) is 9.59 Å². The maximum atomic E-state index is 12.3. The number of hydrogen-bond acceptors (Lipinski definition) is 4. The molecule has 0 saturated heterocycles. The van der Waals surface area contributed by atoms with Gasteiger partial charge in [0.05, 0.1) is 18.8 Å². The largest absolute Gasteiger partial charge is 0.482 e. The molecular formula is C19H20N2O4. The van der Waals surface area contributed by atoms with Gasteiger partial charge in [0.2, 0.25) is 0 Å². The van der Waals surface area contributed by atoms with Crippen molar-refractivity contribution in [1.82, 2.24) is 5.48 Å². The molecule has 1 aliphatic heterocycles. The molecule has 2 aromatic rings. The average Bonchev–Trinajstić information content (AvgIpc) is 2.62. The van der Waals surface area contributed by atoms with Gasteiger partial charge in [-0.25, -0.2) is 5.48 Å². The summed E-state index contributed by atoms with van der Waals surface area (Å²) in [6, 6.07) is 12.9. The second kappa shape index (κ2) is 7.36. The molecule has 130 valence electrons. The first kappa shape index (κ1) is 17.0. The molecule has 6 nitrogen and oxygen atoms in total. The summed E-state index contributed by atoms with van der Waals surface area (Å²) in [4.78, 5) is 31.0. The molecule has 0 aliphatic carbocycles. The molecule has 2 amide bonds. The van der Waals surface area contributed by atoms with Crippen molar-refractivity contribution in [2.24, 2.45) is 0 Å². The second-order valence-electron chi connectivity index (χ2n) is 5.80. The van der Waals surface area contributed by atoms with E-state index in [4.69, 9.17) is 9.57 Å². The fourth-order valence-electron chi connectivity index (χ4n) is 2.68. The lowest BCUT2D eigenvalue weighted by molar-refractivity contribution is -0.121. The quantitative estimate of drug-likeness (QED) is 0.850. The van der Waals surface area contributed by atoms with E-state index in [2.05, 4.69) is 5.48 Å². The van der Waals surface area contributed by atoms with Gasteiger partial charge < -0.3 is 9.64 Å². The molecule has 1 heterocycles. The maximum absolute atomic E-state index is 12.3. The fourth-order valence-corrected chi connectivity index (χ4v) is 2.68. The van der Waals surface area contributed by atoms with Gasteiger partial charge in [-0.05, 0) is 49.2 Å². The molecule has 3 rings (SSSR count). The molecule has 0 fully saturated rings. The Kier molecular flexibility index (Phi) is 5.00. The van der Waals surface area contributed by atoms with E-state index in [1.807, 2.05) is 31.2 Å². The van der Waals surface area contributed by atoms with Crippen molar-refractivity contribution in [3.63, 3.8) is 0 Å². The Labute approximate surface area is 146 Å². The zero-order valence-electron chi connectivity index (χ0n) is 14.2. The number of anilines is 1. The third-order valence-electron chi connectivity index (χ3n) is 3.90. The predicted molar refractivity (Wildman–Crippen MR) is 93.4 cm³/mol. The van der Waals surface area contributed by atoms with Crippen LogP contribution in [0.3, 0.4) is 0 Å². The van der Waals surface area contributed by atoms with Gasteiger partial charge in [0.25, 0.3) is 11.8 Å². The molecule has 0 aromatic heterocycles. The summed E-state index contributed by atoms with van der Waals surface area (Å²) in [6.45, 7) is 4.54. The highest BCUT2D eigenvalue weighted by Gasteiger charge is 2.25. The number of hydroxylamine groups is 1. The number of ether oxygens (including phenoxy) is 1. The van der Waals surface area contributed by atoms with Gasteiger partial charge in [-0.15, -0.1) is 0 Å².